The minimum absolute atomic E-state index is 0.0250. The van der Waals surface area contributed by atoms with Crippen molar-refractivity contribution in [3.05, 3.63) is 47.5 Å². The number of ether oxygens (including phenoxy) is 2. The predicted octanol–water partition coefficient (Wildman–Crippen LogP) is 2.38. The highest BCUT2D eigenvalue weighted by Gasteiger charge is 2.28. The molecule has 0 amide bonds. The van der Waals surface area contributed by atoms with Crippen molar-refractivity contribution in [3.8, 4) is 5.75 Å². The van der Waals surface area contributed by atoms with Crippen molar-refractivity contribution < 1.29 is 31.1 Å². The molecule has 0 unspecified atom stereocenters. The molecule has 0 bridgehead atoms. The van der Waals surface area contributed by atoms with Crippen LogP contribution in [0, 0.1) is 6.92 Å². The first-order chi connectivity index (χ1) is 14.6. The average Bonchev–Trinajstić information content (AvgIpc) is 3.29. The molecule has 31 heavy (non-hydrogen) atoms. The van der Waals surface area contributed by atoms with Gasteiger partial charge in [-0.2, -0.15) is 4.31 Å². The minimum Gasteiger partial charge on any atom is -0.495 e. The van der Waals surface area contributed by atoms with Gasteiger partial charge >= 0.3 is 5.97 Å². The molecule has 168 valence electrons. The lowest BCUT2D eigenvalue weighted by atomic mass is 10.1. The summed E-state index contributed by atoms with van der Waals surface area (Å²) in [5, 5.41) is 0. The van der Waals surface area contributed by atoms with Gasteiger partial charge in [0, 0.05) is 13.1 Å². The maximum absolute atomic E-state index is 13.0. The van der Waals surface area contributed by atoms with E-state index in [1.54, 1.807) is 6.92 Å². The van der Waals surface area contributed by atoms with Crippen LogP contribution in [-0.4, -0.2) is 54.4 Å². The normalized spacial score (nSPS) is 14.9. The lowest BCUT2D eigenvalue weighted by Gasteiger charge is -2.18. The van der Waals surface area contributed by atoms with E-state index < -0.39 is 26.0 Å². The molecule has 3 rings (SSSR count). The molecule has 1 heterocycles. The molecule has 0 spiro atoms. The third kappa shape index (κ3) is 4.68. The van der Waals surface area contributed by atoms with Crippen LogP contribution in [0.15, 0.2) is 46.2 Å². The molecule has 0 aromatic heterocycles. The lowest BCUT2D eigenvalue weighted by Crippen LogP contribution is -2.28. The SMILES string of the molecule is COC(=O)c1cc(S(=O)(=O)Nc2cc(S(=O)(=O)N3CCCC3)ccc2OC)ccc1C. The maximum Gasteiger partial charge on any atom is 0.338 e. The van der Waals surface area contributed by atoms with Crippen LogP contribution in [0.2, 0.25) is 0 Å². The first-order valence-electron chi connectivity index (χ1n) is 9.50. The summed E-state index contributed by atoms with van der Waals surface area (Å²) in [5.74, 6) is -0.505. The summed E-state index contributed by atoms with van der Waals surface area (Å²) in [6.45, 7) is 2.51. The van der Waals surface area contributed by atoms with Gasteiger partial charge in [-0.25, -0.2) is 21.6 Å². The zero-order valence-electron chi connectivity index (χ0n) is 17.4. The summed E-state index contributed by atoms with van der Waals surface area (Å²) < 4.78 is 65.4. The van der Waals surface area contributed by atoms with Gasteiger partial charge in [-0.05, 0) is 55.7 Å². The Morgan fingerprint density at radius 3 is 2.23 bits per heavy atom. The molecule has 0 aliphatic carbocycles. The smallest absolute Gasteiger partial charge is 0.338 e. The number of methoxy groups -OCH3 is 2. The Labute approximate surface area is 182 Å². The lowest BCUT2D eigenvalue weighted by molar-refractivity contribution is 0.0599. The molecule has 9 nitrogen and oxygen atoms in total. The number of nitrogens with zero attached hydrogens (tertiary/aromatic N) is 1. The number of carbonyl (C=O) groups excluding carboxylic acids is 1. The van der Waals surface area contributed by atoms with E-state index in [1.165, 1.54) is 54.9 Å². The van der Waals surface area contributed by atoms with Gasteiger partial charge in [0.05, 0.1) is 35.3 Å². The summed E-state index contributed by atoms with van der Waals surface area (Å²) in [4.78, 5) is 11.7. The molecule has 11 heteroatoms. The Morgan fingerprint density at radius 1 is 0.968 bits per heavy atom. The first kappa shape index (κ1) is 23.0. The number of anilines is 1. The molecule has 2 aromatic rings. The molecule has 0 radical (unpaired) electrons. The molecule has 1 N–H and O–H groups in total. The molecular weight excluding hydrogens is 444 g/mol. The van der Waals surface area contributed by atoms with E-state index in [-0.39, 0.29) is 26.8 Å². The van der Waals surface area contributed by atoms with E-state index in [0.29, 0.717) is 18.7 Å². The van der Waals surface area contributed by atoms with Gasteiger partial charge in [-0.3, -0.25) is 4.72 Å². The van der Waals surface area contributed by atoms with E-state index in [0.717, 1.165) is 12.8 Å². The van der Waals surface area contributed by atoms with Gasteiger partial charge in [-0.15, -0.1) is 0 Å². The van der Waals surface area contributed by atoms with Crippen LogP contribution >= 0.6 is 0 Å². The van der Waals surface area contributed by atoms with Crippen LogP contribution in [0.1, 0.15) is 28.8 Å². The topological polar surface area (TPSA) is 119 Å². The van der Waals surface area contributed by atoms with Crippen LogP contribution in [0.5, 0.6) is 5.75 Å². The zero-order chi connectivity index (χ0) is 22.8. The second-order valence-electron chi connectivity index (χ2n) is 7.05. The Balaban J connectivity index is 2.00. The molecule has 1 saturated heterocycles. The Hall–Kier alpha value is -2.63. The Morgan fingerprint density at radius 2 is 1.61 bits per heavy atom. The fraction of sp³-hybridized carbons (Fsp3) is 0.350. The number of esters is 1. The second-order valence-corrected chi connectivity index (χ2v) is 10.7. The summed E-state index contributed by atoms with van der Waals surface area (Å²) in [7, 11) is -5.35. The van der Waals surface area contributed by atoms with Gasteiger partial charge in [0.1, 0.15) is 5.75 Å². The number of rotatable bonds is 7. The molecule has 2 aromatic carbocycles. The zero-order valence-corrected chi connectivity index (χ0v) is 19.0. The van der Waals surface area contributed by atoms with Crippen molar-refractivity contribution in [2.45, 2.75) is 29.6 Å². The van der Waals surface area contributed by atoms with Crippen molar-refractivity contribution in [1.29, 1.82) is 0 Å². The van der Waals surface area contributed by atoms with Gasteiger partial charge in [-0.1, -0.05) is 6.07 Å². The summed E-state index contributed by atoms with van der Waals surface area (Å²) in [6, 6.07) is 8.06. The number of nitrogens with one attached hydrogen (secondary N) is 1. The van der Waals surface area contributed by atoms with E-state index in [2.05, 4.69) is 4.72 Å². The summed E-state index contributed by atoms with van der Waals surface area (Å²) in [5.41, 5.74) is 0.646. The highest BCUT2D eigenvalue weighted by atomic mass is 32.2. The highest BCUT2D eigenvalue weighted by Crippen LogP contribution is 2.32. The quantitative estimate of drug-likeness (QED) is 0.620. The van der Waals surface area contributed by atoms with Crippen molar-refractivity contribution in [2.75, 3.05) is 32.0 Å². The average molecular weight is 469 g/mol. The second kappa shape index (κ2) is 8.85. The fourth-order valence-corrected chi connectivity index (χ4v) is 5.94. The largest absolute Gasteiger partial charge is 0.495 e. The summed E-state index contributed by atoms with van der Waals surface area (Å²) >= 11 is 0. The van der Waals surface area contributed by atoms with Gasteiger partial charge in [0.15, 0.2) is 0 Å². The molecule has 0 atom stereocenters. The van der Waals surface area contributed by atoms with E-state index >= 15 is 0 Å². The van der Waals surface area contributed by atoms with Crippen molar-refractivity contribution in [1.82, 2.24) is 4.31 Å². The third-order valence-electron chi connectivity index (χ3n) is 5.04. The van der Waals surface area contributed by atoms with Gasteiger partial charge in [0.25, 0.3) is 10.0 Å². The van der Waals surface area contributed by atoms with Gasteiger partial charge in [0.2, 0.25) is 10.0 Å². The number of carbonyl (C=O) groups is 1. The third-order valence-corrected chi connectivity index (χ3v) is 8.30. The minimum atomic E-state index is -4.15. The van der Waals surface area contributed by atoms with Crippen LogP contribution in [0.25, 0.3) is 0 Å². The number of aryl methyl sites for hydroxylation is 1. The van der Waals surface area contributed by atoms with E-state index in [4.69, 9.17) is 9.47 Å². The fourth-order valence-electron chi connectivity index (χ4n) is 3.31. The molecule has 1 aliphatic rings. The standard InChI is InChI=1S/C20H24N2O7S2/c1-14-6-7-15(12-17(14)20(23)29-3)30(24,25)21-18-13-16(8-9-19(18)28-2)31(26,27)22-10-4-5-11-22/h6-9,12-13,21H,4-5,10-11H2,1-3H3. The number of sulfonamides is 2. The first-order valence-corrected chi connectivity index (χ1v) is 12.4. The maximum atomic E-state index is 13.0. The van der Waals surface area contributed by atoms with Crippen molar-refractivity contribution >= 4 is 31.7 Å². The Kier molecular flexibility index (Phi) is 6.58. The van der Waals surface area contributed by atoms with Crippen LogP contribution in [-0.2, 0) is 24.8 Å². The monoisotopic (exact) mass is 468 g/mol. The van der Waals surface area contributed by atoms with Crippen LogP contribution < -0.4 is 9.46 Å². The van der Waals surface area contributed by atoms with Crippen LogP contribution in [0.4, 0.5) is 5.69 Å². The summed E-state index contributed by atoms with van der Waals surface area (Å²) in [6.07, 6.45) is 1.57. The highest BCUT2D eigenvalue weighted by molar-refractivity contribution is 7.92. The Bertz CT molecular complexity index is 1200. The number of hydrogen-bond acceptors (Lipinski definition) is 7. The number of hydrogen-bond donors (Lipinski definition) is 1. The molecule has 1 fully saturated rings. The predicted molar refractivity (Wildman–Crippen MR) is 114 cm³/mol. The van der Waals surface area contributed by atoms with Gasteiger partial charge < -0.3 is 9.47 Å². The molecular formula is C20H24N2O7S2. The number of benzene rings is 2. The van der Waals surface area contributed by atoms with Crippen LogP contribution in [0.3, 0.4) is 0 Å². The molecule has 0 saturated carbocycles. The van der Waals surface area contributed by atoms with E-state index in [1.807, 2.05) is 0 Å². The van der Waals surface area contributed by atoms with E-state index in [9.17, 15) is 21.6 Å². The molecule has 1 aliphatic heterocycles. The van der Waals surface area contributed by atoms with Crippen molar-refractivity contribution in [2.24, 2.45) is 0 Å². The van der Waals surface area contributed by atoms with Crippen molar-refractivity contribution in [3.63, 3.8) is 0 Å².